The summed E-state index contributed by atoms with van der Waals surface area (Å²) in [5.41, 5.74) is 10.1. The number of nitrogens with zero attached hydrogens (tertiary/aromatic N) is 5. The van der Waals surface area contributed by atoms with Crippen molar-refractivity contribution in [1.82, 2.24) is 19.9 Å². The Morgan fingerprint density at radius 1 is 1.06 bits per heavy atom. The standard InChI is InChI=1S/C23H23N9O2/c24-32-23-22(27-10-14-3-4-17-15(8-14)2-1-6-25-17)31-21(11-28-23)29-16-5-7-26-20(9-16)30-18-12-34-13-19(18)33/h1-9,11,18-19,24,33H,10,12-13H2,(H3,26,27,29,30,31). The molecule has 2 atom stereocenters. The number of anilines is 4. The first-order valence-electron chi connectivity index (χ1n) is 10.8. The second-order valence-corrected chi connectivity index (χ2v) is 7.83. The van der Waals surface area contributed by atoms with Gasteiger partial charge in [-0.05, 0) is 29.8 Å². The molecule has 2 unspecified atom stereocenters. The van der Waals surface area contributed by atoms with Gasteiger partial charge in [0.15, 0.2) is 11.6 Å². The normalized spacial score (nSPS) is 17.4. The van der Waals surface area contributed by atoms with Crippen molar-refractivity contribution >= 4 is 39.9 Å². The van der Waals surface area contributed by atoms with Gasteiger partial charge in [-0.15, -0.1) is 5.11 Å². The topological polar surface area (TPSA) is 153 Å². The van der Waals surface area contributed by atoms with Crippen LogP contribution in [0.2, 0.25) is 0 Å². The van der Waals surface area contributed by atoms with Crippen molar-refractivity contribution in [3.8, 4) is 0 Å². The Morgan fingerprint density at radius 2 is 2.00 bits per heavy atom. The van der Waals surface area contributed by atoms with E-state index >= 15 is 0 Å². The second kappa shape index (κ2) is 9.73. The fraction of sp³-hybridized carbons (Fsp3) is 0.217. The van der Waals surface area contributed by atoms with Crippen LogP contribution in [0.4, 0.5) is 29.0 Å². The molecule has 5 rings (SSSR count). The van der Waals surface area contributed by atoms with Crippen LogP contribution in [0.5, 0.6) is 0 Å². The van der Waals surface area contributed by atoms with Gasteiger partial charge in [0, 0.05) is 36.1 Å². The summed E-state index contributed by atoms with van der Waals surface area (Å²) in [5, 5.41) is 24.1. The number of fused-ring (bicyclic) bond motifs is 1. The minimum absolute atomic E-state index is 0.195. The molecule has 0 aliphatic carbocycles. The predicted molar refractivity (Wildman–Crippen MR) is 128 cm³/mol. The molecule has 172 valence electrons. The molecule has 1 aliphatic rings. The first kappa shape index (κ1) is 21.6. The molecule has 11 heteroatoms. The number of hydrogen-bond donors (Lipinski definition) is 5. The van der Waals surface area contributed by atoms with Crippen LogP contribution in [0.15, 0.2) is 66.2 Å². The Morgan fingerprint density at radius 3 is 2.85 bits per heavy atom. The van der Waals surface area contributed by atoms with Crippen LogP contribution in [0.3, 0.4) is 0 Å². The summed E-state index contributed by atoms with van der Waals surface area (Å²) in [7, 11) is 0. The Bertz CT molecular complexity index is 1320. The quantitative estimate of drug-likeness (QED) is 0.250. The van der Waals surface area contributed by atoms with E-state index in [2.05, 4.69) is 47.1 Å². The predicted octanol–water partition coefficient (Wildman–Crippen LogP) is 3.61. The minimum atomic E-state index is -0.571. The molecule has 4 aromatic rings. The van der Waals surface area contributed by atoms with Crippen molar-refractivity contribution in [3.63, 3.8) is 0 Å². The number of pyridine rings is 2. The zero-order chi connectivity index (χ0) is 23.3. The third-order valence-electron chi connectivity index (χ3n) is 5.40. The fourth-order valence-corrected chi connectivity index (χ4v) is 3.67. The van der Waals surface area contributed by atoms with Crippen LogP contribution >= 0.6 is 0 Å². The van der Waals surface area contributed by atoms with E-state index in [-0.39, 0.29) is 11.9 Å². The van der Waals surface area contributed by atoms with Crippen LogP contribution in [0, 0.1) is 5.53 Å². The van der Waals surface area contributed by atoms with Crippen LogP contribution in [0.25, 0.3) is 10.9 Å². The van der Waals surface area contributed by atoms with Crippen LogP contribution < -0.4 is 16.0 Å². The first-order valence-corrected chi connectivity index (χ1v) is 10.8. The lowest BCUT2D eigenvalue weighted by atomic mass is 10.1. The molecular weight excluding hydrogens is 434 g/mol. The summed E-state index contributed by atoms with van der Waals surface area (Å²) >= 11 is 0. The van der Waals surface area contributed by atoms with Gasteiger partial charge >= 0.3 is 0 Å². The van der Waals surface area contributed by atoms with Gasteiger partial charge in [-0.2, -0.15) is 0 Å². The van der Waals surface area contributed by atoms with E-state index in [1.807, 2.05) is 30.3 Å². The number of aliphatic hydroxyl groups excluding tert-OH is 1. The fourth-order valence-electron chi connectivity index (χ4n) is 3.67. The van der Waals surface area contributed by atoms with Gasteiger partial charge in [0.2, 0.25) is 5.82 Å². The van der Waals surface area contributed by atoms with Gasteiger partial charge in [0.1, 0.15) is 5.82 Å². The van der Waals surface area contributed by atoms with Gasteiger partial charge in [-0.25, -0.2) is 20.5 Å². The zero-order valence-corrected chi connectivity index (χ0v) is 18.1. The summed E-state index contributed by atoms with van der Waals surface area (Å²) in [6.45, 7) is 1.22. The Balaban J connectivity index is 1.29. The van der Waals surface area contributed by atoms with Gasteiger partial charge in [0.25, 0.3) is 0 Å². The molecule has 3 aromatic heterocycles. The van der Waals surface area contributed by atoms with Crippen LogP contribution in [-0.2, 0) is 11.3 Å². The van der Waals surface area contributed by atoms with Gasteiger partial charge in [-0.1, -0.05) is 12.1 Å². The van der Waals surface area contributed by atoms with Crippen molar-refractivity contribution in [2.24, 2.45) is 5.11 Å². The summed E-state index contributed by atoms with van der Waals surface area (Å²) < 4.78 is 5.27. The molecule has 0 radical (unpaired) electrons. The average molecular weight is 457 g/mol. The Kier molecular flexibility index (Phi) is 6.19. The molecule has 0 amide bonds. The monoisotopic (exact) mass is 457 g/mol. The zero-order valence-electron chi connectivity index (χ0n) is 18.1. The lowest BCUT2D eigenvalue weighted by molar-refractivity contribution is 0.125. The number of rotatable bonds is 8. The van der Waals surface area contributed by atoms with E-state index in [0.29, 0.717) is 37.2 Å². The molecule has 11 nitrogen and oxygen atoms in total. The molecule has 5 N–H and O–H groups in total. The molecule has 34 heavy (non-hydrogen) atoms. The molecule has 1 aromatic carbocycles. The third-order valence-corrected chi connectivity index (χ3v) is 5.40. The number of nitrogens with one attached hydrogen (secondary N) is 4. The lowest BCUT2D eigenvalue weighted by Crippen LogP contribution is -2.32. The van der Waals surface area contributed by atoms with Crippen molar-refractivity contribution in [2.45, 2.75) is 18.7 Å². The van der Waals surface area contributed by atoms with Crippen LogP contribution in [-0.4, -0.2) is 50.4 Å². The summed E-state index contributed by atoms with van der Waals surface area (Å²) in [6.07, 6.45) is 4.37. The minimum Gasteiger partial charge on any atom is -0.388 e. The molecule has 0 spiro atoms. The van der Waals surface area contributed by atoms with E-state index in [9.17, 15) is 5.11 Å². The highest BCUT2D eigenvalue weighted by Gasteiger charge is 2.26. The van der Waals surface area contributed by atoms with Gasteiger partial charge in [-0.3, -0.25) is 4.98 Å². The summed E-state index contributed by atoms with van der Waals surface area (Å²) in [5.74, 6) is 1.68. The highest BCUT2D eigenvalue weighted by molar-refractivity contribution is 5.79. The highest BCUT2D eigenvalue weighted by Crippen LogP contribution is 2.25. The summed E-state index contributed by atoms with van der Waals surface area (Å²) in [6, 6.07) is 13.3. The van der Waals surface area contributed by atoms with Gasteiger partial charge in [0.05, 0.1) is 37.1 Å². The average Bonchev–Trinajstić information content (AvgIpc) is 3.27. The van der Waals surface area contributed by atoms with Crippen molar-refractivity contribution in [3.05, 3.63) is 66.6 Å². The lowest BCUT2D eigenvalue weighted by Gasteiger charge is -2.16. The number of ether oxygens (including phenoxy) is 1. The Hall–Kier alpha value is -4.22. The molecular formula is C23H23N9O2. The van der Waals surface area contributed by atoms with Crippen LogP contribution in [0.1, 0.15) is 5.56 Å². The molecule has 0 saturated carbocycles. The smallest absolute Gasteiger partial charge is 0.216 e. The SMILES string of the molecule is N=Nc1ncc(Nc2ccnc(NC3COCC3O)c2)nc1NCc1ccc2ncccc2c1. The largest absolute Gasteiger partial charge is 0.388 e. The number of aromatic nitrogens is 4. The molecule has 0 bridgehead atoms. The van der Waals surface area contributed by atoms with E-state index < -0.39 is 6.10 Å². The van der Waals surface area contributed by atoms with E-state index in [1.54, 1.807) is 18.5 Å². The van der Waals surface area contributed by atoms with Crippen molar-refractivity contribution < 1.29 is 9.84 Å². The first-order chi connectivity index (χ1) is 16.7. The number of hydrogen-bond acceptors (Lipinski definition) is 11. The van der Waals surface area contributed by atoms with Crippen molar-refractivity contribution in [1.29, 1.82) is 5.53 Å². The Labute approximate surface area is 195 Å². The number of benzene rings is 1. The number of aliphatic hydroxyl groups is 1. The van der Waals surface area contributed by atoms with E-state index in [1.165, 1.54) is 6.20 Å². The molecule has 1 saturated heterocycles. The van der Waals surface area contributed by atoms with Gasteiger partial charge < -0.3 is 25.8 Å². The maximum absolute atomic E-state index is 9.94. The molecule has 4 heterocycles. The maximum Gasteiger partial charge on any atom is 0.216 e. The maximum atomic E-state index is 9.94. The molecule has 1 aliphatic heterocycles. The summed E-state index contributed by atoms with van der Waals surface area (Å²) in [4.78, 5) is 17.4. The highest BCUT2D eigenvalue weighted by atomic mass is 16.5. The van der Waals surface area contributed by atoms with E-state index in [0.717, 1.165) is 22.2 Å². The third kappa shape index (κ3) is 4.90. The second-order valence-electron chi connectivity index (χ2n) is 7.83. The molecule has 1 fully saturated rings. The van der Waals surface area contributed by atoms with E-state index in [4.69, 9.17) is 10.3 Å². The van der Waals surface area contributed by atoms with Crippen molar-refractivity contribution in [2.75, 3.05) is 29.2 Å².